The molecular formula is C6H13Cl4NOs. The first-order chi connectivity index (χ1) is 5.41. The van der Waals surface area contributed by atoms with E-state index in [0.717, 1.165) is 6.42 Å². The minimum atomic E-state index is -3.17. The van der Waals surface area contributed by atoms with Gasteiger partial charge < -0.3 is 5.41 Å². The van der Waals surface area contributed by atoms with E-state index in [0.29, 0.717) is 0 Å². The van der Waals surface area contributed by atoms with Crippen molar-refractivity contribution in [3.05, 3.63) is 0 Å². The number of hydrogen-bond acceptors (Lipinski definition) is 1. The summed E-state index contributed by atoms with van der Waals surface area (Å²) >= 11 is -3.17. The normalized spacial score (nSPS) is 11.4. The molecule has 1 N–H and O–H groups in total. The first kappa shape index (κ1) is 15.9. The number of hydrogen-bond donors (Lipinski definition) is 1. The van der Waals surface area contributed by atoms with Crippen molar-refractivity contribution in [2.24, 2.45) is 0 Å². The molecule has 12 heavy (non-hydrogen) atoms. The molecule has 0 aliphatic carbocycles. The molecule has 0 aliphatic rings. The van der Waals surface area contributed by atoms with Crippen molar-refractivity contribution >= 4 is 44.8 Å². The van der Waals surface area contributed by atoms with Gasteiger partial charge in [-0.15, -0.1) is 0 Å². The van der Waals surface area contributed by atoms with E-state index >= 15 is 0 Å². The van der Waals surface area contributed by atoms with Gasteiger partial charge in [-0.25, -0.2) is 0 Å². The van der Waals surface area contributed by atoms with E-state index in [1.807, 2.05) is 0 Å². The van der Waals surface area contributed by atoms with Gasteiger partial charge in [0.2, 0.25) is 0 Å². The van der Waals surface area contributed by atoms with Crippen LogP contribution >= 0.6 is 38.6 Å². The molecule has 0 bridgehead atoms. The van der Waals surface area contributed by atoms with Crippen LogP contribution in [0.15, 0.2) is 0 Å². The van der Waals surface area contributed by atoms with Crippen molar-refractivity contribution in [3.63, 3.8) is 0 Å². The predicted octanol–water partition coefficient (Wildman–Crippen LogP) is 4.97. The van der Waals surface area contributed by atoms with Gasteiger partial charge >= 0.3 is 49.6 Å². The van der Waals surface area contributed by atoms with E-state index in [9.17, 15) is 0 Å². The summed E-state index contributed by atoms with van der Waals surface area (Å²) in [4.78, 5) is 0. The summed E-state index contributed by atoms with van der Waals surface area (Å²) in [5.41, 5.74) is 0. The van der Waals surface area contributed by atoms with Crippen LogP contribution in [0.3, 0.4) is 0 Å². The third kappa shape index (κ3) is 42.0. The Kier molecular flexibility index (Phi) is 14.0. The number of rotatable bonds is 4. The summed E-state index contributed by atoms with van der Waals surface area (Å²) < 4.78 is 0. The van der Waals surface area contributed by atoms with Crippen molar-refractivity contribution in [2.75, 3.05) is 0 Å². The van der Waals surface area contributed by atoms with Gasteiger partial charge in [0, 0.05) is 0 Å². The molecule has 0 aliphatic heterocycles. The van der Waals surface area contributed by atoms with E-state index in [2.05, 4.69) is 6.92 Å². The predicted molar refractivity (Wildman–Crippen MR) is 56.3 cm³/mol. The van der Waals surface area contributed by atoms with Gasteiger partial charge in [-0.1, -0.05) is 19.8 Å². The molecule has 0 amide bonds. The topological polar surface area (TPSA) is 23.9 Å². The van der Waals surface area contributed by atoms with Crippen molar-refractivity contribution < 1.29 is 11.0 Å². The van der Waals surface area contributed by atoms with E-state index in [1.54, 1.807) is 0 Å². The van der Waals surface area contributed by atoms with Crippen LogP contribution in [0.4, 0.5) is 0 Å². The Balaban J connectivity index is 0. The third-order valence-corrected chi connectivity index (χ3v) is 0.952. The molecule has 0 radical (unpaired) electrons. The minimum absolute atomic E-state index is 0.966. The van der Waals surface area contributed by atoms with E-state index < -0.39 is 11.0 Å². The molecule has 0 spiro atoms. The van der Waals surface area contributed by atoms with Crippen molar-refractivity contribution in [1.82, 2.24) is 0 Å². The first-order valence-electron chi connectivity index (χ1n) is 3.44. The van der Waals surface area contributed by atoms with Crippen LogP contribution in [0.5, 0.6) is 0 Å². The molecule has 0 atom stereocenters. The van der Waals surface area contributed by atoms with Gasteiger partial charge in [-0.3, -0.25) is 0 Å². The van der Waals surface area contributed by atoms with Crippen LogP contribution in [0.2, 0.25) is 0 Å². The molecule has 0 heterocycles. The van der Waals surface area contributed by atoms with Crippen molar-refractivity contribution in [1.29, 1.82) is 5.41 Å². The fourth-order valence-electron chi connectivity index (χ4n) is 0.496. The van der Waals surface area contributed by atoms with E-state index in [4.69, 9.17) is 44.0 Å². The van der Waals surface area contributed by atoms with Crippen molar-refractivity contribution in [2.45, 2.75) is 32.6 Å². The molecular weight excluding hydrogens is 418 g/mol. The maximum atomic E-state index is 6.66. The summed E-state index contributed by atoms with van der Waals surface area (Å²) in [6.45, 7) is 2.17. The van der Waals surface area contributed by atoms with Crippen molar-refractivity contribution in [3.8, 4) is 0 Å². The van der Waals surface area contributed by atoms with Crippen LogP contribution in [-0.4, -0.2) is 6.21 Å². The Morgan fingerprint density at radius 2 is 1.58 bits per heavy atom. The Bertz CT molecular complexity index is 98.2. The maximum absolute atomic E-state index is 6.66. The summed E-state index contributed by atoms with van der Waals surface area (Å²) in [6, 6.07) is 0. The standard InChI is InChI=1S/C6H13N.4ClH.Os/c1-2-3-4-5-6-7;;;;;/h6-7H,2-5H2,1H3;4*1H;/q;;;;;+4/p-4. The average molecular weight is 431 g/mol. The molecule has 0 aromatic carbocycles. The Morgan fingerprint density at radius 3 is 1.83 bits per heavy atom. The molecule has 0 saturated carbocycles. The fourth-order valence-corrected chi connectivity index (χ4v) is 0.496. The zero-order valence-electron chi connectivity index (χ0n) is 6.77. The zero-order chi connectivity index (χ0) is 10.0. The Labute approximate surface area is 93.2 Å². The number of halogens is 4. The van der Waals surface area contributed by atoms with Gasteiger partial charge in [-0.2, -0.15) is 0 Å². The van der Waals surface area contributed by atoms with Gasteiger partial charge in [0.25, 0.3) is 0 Å². The summed E-state index contributed by atoms with van der Waals surface area (Å²) in [7, 11) is 20.1. The molecule has 0 aromatic heterocycles. The molecule has 0 unspecified atom stereocenters. The fraction of sp³-hybridized carbons (Fsp3) is 0.833. The first-order valence-corrected chi connectivity index (χ1v) is 16.0. The van der Waals surface area contributed by atoms with Crippen LogP contribution < -0.4 is 0 Å². The molecule has 0 saturated heterocycles. The second-order valence-electron chi connectivity index (χ2n) is 2.00. The molecule has 0 rings (SSSR count). The summed E-state index contributed by atoms with van der Waals surface area (Å²) in [5.74, 6) is 0. The van der Waals surface area contributed by atoms with E-state index in [1.165, 1.54) is 25.5 Å². The number of nitrogens with one attached hydrogen (secondary N) is 1. The molecule has 1 nitrogen and oxygen atoms in total. The molecule has 6 heteroatoms. The van der Waals surface area contributed by atoms with Crippen LogP contribution in [0.25, 0.3) is 0 Å². The van der Waals surface area contributed by atoms with Gasteiger partial charge in [-0.05, 0) is 19.1 Å². The summed E-state index contributed by atoms with van der Waals surface area (Å²) in [5, 5.41) is 6.66. The Morgan fingerprint density at radius 1 is 1.17 bits per heavy atom. The SMILES string of the molecule is CCCCCC=N.[Cl][Os]([Cl])([Cl])[Cl]. The Hall–Kier alpha value is 1.47. The van der Waals surface area contributed by atoms with Crippen LogP contribution in [0, 0.1) is 5.41 Å². The zero-order valence-corrected chi connectivity index (χ0v) is 12.3. The molecule has 0 aromatic rings. The van der Waals surface area contributed by atoms with Gasteiger partial charge in [0.1, 0.15) is 0 Å². The molecule has 78 valence electrons. The monoisotopic (exact) mass is 431 g/mol. The number of unbranched alkanes of at least 4 members (excludes halogenated alkanes) is 3. The van der Waals surface area contributed by atoms with E-state index in [-0.39, 0.29) is 0 Å². The van der Waals surface area contributed by atoms with Crippen LogP contribution in [-0.2, 0) is 11.0 Å². The average Bonchev–Trinajstić information content (AvgIpc) is 1.85. The van der Waals surface area contributed by atoms with Gasteiger partial charge in [0.15, 0.2) is 0 Å². The second kappa shape index (κ2) is 10.5. The second-order valence-corrected chi connectivity index (χ2v) is 24.0. The summed E-state index contributed by atoms with van der Waals surface area (Å²) in [6.07, 6.45) is 6.17. The third-order valence-electron chi connectivity index (χ3n) is 0.952. The molecule has 0 fully saturated rings. The quantitative estimate of drug-likeness (QED) is 0.480. The van der Waals surface area contributed by atoms with Gasteiger partial charge in [0.05, 0.1) is 0 Å². The van der Waals surface area contributed by atoms with Crippen LogP contribution in [0.1, 0.15) is 32.6 Å².